The molecule has 0 bridgehead atoms. The number of fused-ring (bicyclic) bond motifs is 3. The molecule has 0 aromatic heterocycles. The molecule has 1 atom stereocenters. The van der Waals surface area contributed by atoms with Crippen LogP contribution in [0.15, 0.2) is 103 Å². The Hall–Kier alpha value is -4.38. The van der Waals surface area contributed by atoms with Crippen molar-refractivity contribution >= 4 is 12.1 Å². The highest BCUT2D eigenvalue weighted by molar-refractivity contribution is 5.82. The van der Waals surface area contributed by atoms with Crippen molar-refractivity contribution in [2.45, 2.75) is 18.4 Å². The van der Waals surface area contributed by atoms with Crippen LogP contribution in [0.5, 0.6) is 0 Å². The van der Waals surface area contributed by atoms with Gasteiger partial charge < -0.3 is 15.2 Å². The number of hydrogen-bond donors (Lipinski definition) is 2. The van der Waals surface area contributed by atoms with E-state index in [4.69, 9.17) is 4.74 Å². The number of aliphatic carboxylic acids is 1. The maximum atomic E-state index is 12.7. The van der Waals surface area contributed by atoms with Crippen LogP contribution >= 0.6 is 0 Å². The molecule has 2 N–H and O–H groups in total. The van der Waals surface area contributed by atoms with Gasteiger partial charge in [0.15, 0.2) is 0 Å². The second-order valence-electron chi connectivity index (χ2n) is 8.59. The van der Waals surface area contributed by atoms with Gasteiger partial charge in [0.25, 0.3) is 0 Å². The van der Waals surface area contributed by atoms with Crippen molar-refractivity contribution in [2.24, 2.45) is 0 Å². The van der Waals surface area contributed by atoms with Crippen molar-refractivity contribution in [1.82, 2.24) is 5.32 Å². The van der Waals surface area contributed by atoms with Crippen LogP contribution in [0.2, 0.25) is 0 Å². The summed E-state index contributed by atoms with van der Waals surface area (Å²) in [6, 6.07) is 32.5. The Morgan fingerprint density at radius 3 is 1.91 bits per heavy atom. The van der Waals surface area contributed by atoms with Crippen LogP contribution in [0.3, 0.4) is 0 Å². The molecule has 0 fully saturated rings. The fourth-order valence-corrected chi connectivity index (χ4v) is 4.80. The highest BCUT2D eigenvalue weighted by Gasteiger charge is 2.30. The lowest BCUT2D eigenvalue weighted by atomic mass is 9.95. The first-order valence-corrected chi connectivity index (χ1v) is 11.6. The monoisotopic (exact) mass is 463 g/mol. The van der Waals surface area contributed by atoms with E-state index in [1.54, 1.807) is 0 Å². The van der Waals surface area contributed by atoms with Crippen LogP contribution in [0.1, 0.15) is 22.6 Å². The van der Waals surface area contributed by atoms with Gasteiger partial charge in [-0.1, -0.05) is 103 Å². The topological polar surface area (TPSA) is 75.6 Å². The fourth-order valence-electron chi connectivity index (χ4n) is 4.80. The SMILES string of the molecule is O=C(N[C@H](Cc1ccccc1-c1ccccc1)C(=O)O)OCC1c2ccccc2-c2ccccc21. The number of benzene rings is 4. The highest BCUT2D eigenvalue weighted by atomic mass is 16.5. The van der Waals surface area contributed by atoms with Gasteiger partial charge in [0.2, 0.25) is 0 Å². The van der Waals surface area contributed by atoms with Crippen LogP contribution in [-0.2, 0) is 16.0 Å². The van der Waals surface area contributed by atoms with Gasteiger partial charge in [-0.2, -0.15) is 0 Å². The predicted molar refractivity (Wildman–Crippen MR) is 135 cm³/mol. The molecule has 1 amide bonds. The molecular weight excluding hydrogens is 438 g/mol. The van der Waals surface area contributed by atoms with Gasteiger partial charge in [-0.25, -0.2) is 9.59 Å². The molecule has 35 heavy (non-hydrogen) atoms. The number of amides is 1. The van der Waals surface area contributed by atoms with Gasteiger partial charge in [-0.3, -0.25) is 0 Å². The lowest BCUT2D eigenvalue weighted by Crippen LogP contribution is -2.43. The molecule has 1 aliphatic rings. The number of alkyl carbamates (subject to hydrolysis) is 1. The molecule has 174 valence electrons. The predicted octanol–water partition coefficient (Wildman–Crippen LogP) is 5.89. The first kappa shape index (κ1) is 22.4. The van der Waals surface area contributed by atoms with Crippen molar-refractivity contribution in [3.8, 4) is 22.3 Å². The summed E-state index contributed by atoms with van der Waals surface area (Å²) >= 11 is 0. The van der Waals surface area contributed by atoms with Crippen LogP contribution in [0, 0.1) is 0 Å². The Morgan fingerprint density at radius 2 is 1.29 bits per heavy atom. The minimum Gasteiger partial charge on any atom is -0.480 e. The van der Waals surface area contributed by atoms with Crippen LogP contribution in [0.4, 0.5) is 4.79 Å². The van der Waals surface area contributed by atoms with Crippen molar-refractivity contribution in [1.29, 1.82) is 0 Å². The summed E-state index contributed by atoms with van der Waals surface area (Å²) in [7, 11) is 0. The van der Waals surface area contributed by atoms with Crippen molar-refractivity contribution < 1.29 is 19.4 Å². The van der Waals surface area contributed by atoms with Gasteiger partial charge >= 0.3 is 12.1 Å². The highest BCUT2D eigenvalue weighted by Crippen LogP contribution is 2.44. The number of carbonyl (C=O) groups is 2. The number of nitrogens with one attached hydrogen (secondary N) is 1. The Kier molecular flexibility index (Phi) is 6.31. The third kappa shape index (κ3) is 4.66. The van der Waals surface area contributed by atoms with E-state index in [1.165, 1.54) is 0 Å². The Bertz CT molecular complexity index is 1320. The number of carboxylic acids is 1. The number of hydrogen-bond acceptors (Lipinski definition) is 3. The smallest absolute Gasteiger partial charge is 0.407 e. The summed E-state index contributed by atoms with van der Waals surface area (Å²) in [5, 5.41) is 12.4. The summed E-state index contributed by atoms with van der Waals surface area (Å²) in [6.07, 6.45) is -0.596. The fraction of sp³-hybridized carbons (Fsp3) is 0.133. The molecule has 1 aliphatic carbocycles. The third-order valence-corrected chi connectivity index (χ3v) is 6.46. The number of carboxylic acid groups (broad SMARTS) is 1. The maximum absolute atomic E-state index is 12.7. The van der Waals surface area contributed by atoms with Crippen LogP contribution in [-0.4, -0.2) is 29.8 Å². The second kappa shape index (κ2) is 9.85. The van der Waals surface area contributed by atoms with Gasteiger partial charge in [-0.05, 0) is 38.9 Å². The first-order chi connectivity index (χ1) is 17.1. The Balaban J connectivity index is 1.29. The molecule has 4 aromatic carbocycles. The molecule has 0 saturated carbocycles. The number of carbonyl (C=O) groups excluding carboxylic acids is 1. The maximum Gasteiger partial charge on any atom is 0.407 e. The molecule has 5 heteroatoms. The van der Waals surface area contributed by atoms with E-state index in [2.05, 4.69) is 17.4 Å². The van der Waals surface area contributed by atoms with E-state index in [1.807, 2.05) is 91.0 Å². The van der Waals surface area contributed by atoms with E-state index < -0.39 is 18.1 Å². The van der Waals surface area contributed by atoms with E-state index in [9.17, 15) is 14.7 Å². The summed E-state index contributed by atoms with van der Waals surface area (Å²) in [5.41, 5.74) is 7.25. The van der Waals surface area contributed by atoms with E-state index in [0.29, 0.717) is 0 Å². The molecule has 5 nitrogen and oxygen atoms in total. The molecular formula is C30H25NO4. The minimum atomic E-state index is -1.12. The van der Waals surface area contributed by atoms with Crippen LogP contribution < -0.4 is 5.32 Å². The molecule has 0 unspecified atom stereocenters. The zero-order chi connectivity index (χ0) is 24.2. The summed E-state index contributed by atoms with van der Waals surface area (Å²) in [6.45, 7) is 0.132. The Morgan fingerprint density at radius 1 is 0.743 bits per heavy atom. The van der Waals surface area contributed by atoms with Crippen molar-refractivity contribution in [2.75, 3.05) is 6.61 Å². The van der Waals surface area contributed by atoms with Gasteiger partial charge in [0.1, 0.15) is 12.6 Å². The van der Waals surface area contributed by atoms with Gasteiger partial charge in [0.05, 0.1) is 0 Å². The quantitative estimate of drug-likeness (QED) is 0.358. The van der Waals surface area contributed by atoms with Gasteiger partial charge in [-0.15, -0.1) is 0 Å². The molecule has 0 radical (unpaired) electrons. The lowest BCUT2D eigenvalue weighted by Gasteiger charge is -2.19. The largest absolute Gasteiger partial charge is 0.480 e. The molecule has 4 aromatic rings. The molecule has 0 saturated heterocycles. The molecule has 0 spiro atoms. The van der Waals surface area contributed by atoms with Gasteiger partial charge in [0, 0.05) is 12.3 Å². The lowest BCUT2D eigenvalue weighted by molar-refractivity contribution is -0.139. The molecule has 5 rings (SSSR count). The zero-order valence-electron chi connectivity index (χ0n) is 19.1. The van der Waals surface area contributed by atoms with E-state index >= 15 is 0 Å². The average molecular weight is 464 g/mol. The molecule has 0 aliphatic heterocycles. The zero-order valence-corrected chi connectivity index (χ0v) is 19.1. The number of ether oxygens (including phenoxy) is 1. The standard InChI is InChI=1S/C30H25NO4/c32-29(33)28(18-21-12-4-5-13-22(21)20-10-2-1-3-11-20)31-30(34)35-19-27-25-16-8-6-14-23(25)24-15-7-9-17-26(24)27/h1-17,27-28H,18-19H2,(H,31,34)(H,32,33)/t28-/m1/s1. The third-order valence-electron chi connectivity index (χ3n) is 6.46. The van der Waals surface area contributed by atoms with E-state index in [0.717, 1.165) is 38.9 Å². The minimum absolute atomic E-state index is 0.0877. The molecule has 0 heterocycles. The van der Waals surface area contributed by atoms with Crippen molar-refractivity contribution in [3.05, 3.63) is 120 Å². The number of rotatable bonds is 7. The average Bonchev–Trinajstić information content (AvgIpc) is 3.21. The van der Waals surface area contributed by atoms with Crippen LogP contribution in [0.25, 0.3) is 22.3 Å². The normalized spacial score (nSPS) is 12.9. The Labute approximate surface area is 204 Å². The van der Waals surface area contributed by atoms with E-state index in [-0.39, 0.29) is 18.9 Å². The van der Waals surface area contributed by atoms with Crippen molar-refractivity contribution in [3.63, 3.8) is 0 Å². The first-order valence-electron chi connectivity index (χ1n) is 11.6. The summed E-state index contributed by atoms with van der Waals surface area (Å²) in [5.74, 6) is -1.20. The summed E-state index contributed by atoms with van der Waals surface area (Å²) in [4.78, 5) is 24.7. The second-order valence-corrected chi connectivity index (χ2v) is 8.59. The summed E-state index contributed by atoms with van der Waals surface area (Å²) < 4.78 is 5.56.